The van der Waals surface area contributed by atoms with Crippen molar-refractivity contribution < 1.29 is 2.74 Å². The zero-order chi connectivity index (χ0) is 13.7. The molecule has 0 atom stereocenters. The van der Waals surface area contributed by atoms with E-state index < -0.39 is 0 Å². The molecular formula is C14H8N4. The molecule has 1 aromatic carbocycles. The summed E-state index contributed by atoms with van der Waals surface area (Å²) in [7, 11) is 0. The Morgan fingerprint density at radius 2 is 1.11 bits per heavy atom. The Morgan fingerprint density at radius 1 is 0.667 bits per heavy atom. The molecule has 0 aliphatic heterocycles. The predicted molar refractivity (Wildman–Crippen MR) is 70.1 cm³/mol. The molecule has 18 heavy (non-hydrogen) atoms. The standard InChI is InChI=1S/C14H8N4/c1-3-9-11(15-5-1)12-10(4-2-6-16-12)14-13(9)17-7-8-18-14/h1-8H/i7D,8D. The summed E-state index contributed by atoms with van der Waals surface area (Å²) < 4.78 is 15.4. The van der Waals surface area contributed by atoms with Gasteiger partial charge in [0.05, 0.1) is 24.8 Å². The molecule has 0 fully saturated rings. The van der Waals surface area contributed by atoms with Crippen LogP contribution in [-0.4, -0.2) is 19.9 Å². The topological polar surface area (TPSA) is 51.6 Å². The molecule has 4 rings (SSSR count). The third kappa shape index (κ3) is 1.14. The number of fused-ring (bicyclic) bond motifs is 6. The Labute approximate surface area is 105 Å². The van der Waals surface area contributed by atoms with Gasteiger partial charge in [-0.1, -0.05) is 0 Å². The number of benzene rings is 1. The quantitative estimate of drug-likeness (QED) is 0.439. The highest BCUT2D eigenvalue weighted by Crippen LogP contribution is 2.29. The molecule has 4 heteroatoms. The van der Waals surface area contributed by atoms with Gasteiger partial charge in [-0.25, -0.2) is 0 Å². The van der Waals surface area contributed by atoms with E-state index in [2.05, 4.69) is 19.9 Å². The monoisotopic (exact) mass is 234 g/mol. The normalized spacial score (nSPS) is 12.9. The summed E-state index contributed by atoms with van der Waals surface area (Å²) in [6, 6.07) is 7.40. The predicted octanol–water partition coefficient (Wildman–Crippen LogP) is 2.73. The summed E-state index contributed by atoms with van der Waals surface area (Å²) in [4.78, 5) is 17.2. The van der Waals surface area contributed by atoms with E-state index in [0.29, 0.717) is 11.0 Å². The van der Waals surface area contributed by atoms with Gasteiger partial charge in [-0.05, 0) is 24.3 Å². The van der Waals surface area contributed by atoms with Crippen molar-refractivity contribution in [2.45, 2.75) is 0 Å². The summed E-state index contributed by atoms with van der Waals surface area (Å²) in [6.45, 7) is 0. The van der Waals surface area contributed by atoms with E-state index in [-0.39, 0.29) is 12.3 Å². The van der Waals surface area contributed by atoms with Crippen LogP contribution in [0.15, 0.2) is 49.0 Å². The highest BCUT2D eigenvalue weighted by atomic mass is 14.8. The molecule has 0 radical (unpaired) electrons. The minimum Gasteiger partial charge on any atom is -0.254 e. The highest BCUT2D eigenvalue weighted by molar-refractivity contribution is 6.20. The maximum Gasteiger partial charge on any atom is 0.0988 e. The molecule has 0 saturated carbocycles. The third-order valence-corrected chi connectivity index (χ3v) is 2.96. The van der Waals surface area contributed by atoms with E-state index >= 15 is 0 Å². The highest BCUT2D eigenvalue weighted by Gasteiger charge is 2.10. The molecule has 0 aliphatic carbocycles. The number of aromatic nitrogens is 4. The fourth-order valence-corrected chi connectivity index (χ4v) is 2.21. The first-order valence-electron chi connectivity index (χ1n) is 6.52. The minimum atomic E-state index is -0.133. The first kappa shape index (κ1) is 7.66. The molecule has 3 aromatic heterocycles. The number of hydrogen-bond acceptors (Lipinski definition) is 4. The molecule has 4 aromatic rings. The summed E-state index contributed by atoms with van der Waals surface area (Å²) in [6.07, 6.45) is 3.14. The zero-order valence-electron chi connectivity index (χ0n) is 11.3. The molecule has 84 valence electrons. The van der Waals surface area contributed by atoms with E-state index in [1.165, 1.54) is 0 Å². The Balaban J connectivity index is 2.42. The zero-order valence-corrected chi connectivity index (χ0v) is 9.25. The molecule has 0 unspecified atom stereocenters. The second-order valence-corrected chi connectivity index (χ2v) is 3.94. The van der Waals surface area contributed by atoms with Gasteiger partial charge >= 0.3 is 0 Å². The van der Waals surface area contributed by atoms with Crippen LogP contribution in [0.2, 0.25) is 0 Å². The van der Waals surface area contributed by atoms with Crippen LogP contribution in [0.4, 0.5) is 0 Å². The van der Waals surface area contributed by atoms with Gasteiger partial charge < -0.3 is 0 Å². The van der Waals surface area contributed by atoms with Gasteiger partial charge in [-0.2, -0.15) is 0 Å². The molecular weight excluding hydrogens is 224 g/mol. The summed E-state index contributed by atoms with van der Waals surface area (Å²) in [5, 5.41) is 1.60. The van der Waals surface area contributed by atoms with Gasteiger partial charge in [0.25, 0.3) is 0 Å². The maximum absolute atomic E-state index is 7.69. The van der Waals surface area contributed by atoms with Crippen molar-refractivity contribution >= 4 is 32.8 Å². The molecule has 3 heterocycles. The number of rotatable bonds is 0. The summed E-state index contributed by atoms with van der Waals surface area (Å²) in [5.41, 5.74) is 2.66. The van der Waals surface area contributed by atoms with Crippen molar-refractivity contribution in [1.29, 1.82) is 0 Å². The minimum absolute atomic E-state index is 0.133. The number of hydrogen-bond donors (Lipinski definition) is 0. The molecule has 4 nitrogen and oxygen atoms in total. The summed E-state index contributed by atoms with van der Waals surface area (Å²) >= 11 is 0. The smallest absolute Gasteiger partial charge is 0.0988 e. The van der Waals surface area contributed by atoms with E-state index in [1.807, 2.05) is 24.3 Å². The van der Waals surface area contributed by atoms with Gasteiger partial charge in [-0.15, -0.1) is 0 Å². The first-order chi connectivity index (χ1) is 9.75. The third-order valence-electron chi connectivity index (χ3n) is 2.96. The average molecular weight is 234 g/mol. The Hall–Kier alpha value is -2.62. The van der Waals surface area contributed by atoms with Crippen molar-refractivity contribution in [3.05, 3.63) is 49.0 Å². The van der Waals surface area contributed by atoms with Crippen molar-refractivity contribution in [3.63, 3.8) is 0 Å². The van der Waals surface area contributed by atoms with Gasteiger partial charge in [-0.3, -0.25) is 19.9 Å². The van der Waals surface area contributed by atoms with Crippen LogP contribution < -0.4 is 0 Å². The van der Waals surface area contributed by atoms with E-state index in [9.17, 15) is 0 Å². The lowest BCUT2D eigenvalue weighted by Crippen LogP contribution is -1.91. The van der Waals surface area contributed by atoms with Crippen LogP contribution in [0.25, 0.3) is 32.8 Å². The van der Waals surface area contributed by atoms with Gasteiger partial charge in [0.2, 0.25) is 0 Å². The summed E-state index contributed by atoms with van der Waals surface area (Å²) in [5.74, 6) is 0. The maximum atomic E-state index is 7.69. The van der Waals surface area contributed by atoms with Crippen LogP contribution in [-0.2, 0) is 0 Å². The van der Waals surface area contributed by atoms with E-state index in [1.54, 1.807) is 12.4 Å². The Bertz CT molecular complexity index is 904. The SMILES string of the molecule is [2H]c1nc2c3cccnc3c3ncccc3c2nc1[2H]. The molecule has 0 bridgehead atoms. The molecule has 0 N–H and O–H groups in total. The Kier molecular flexibility index (Phi) is 1.46. The molecule has 0 amide bonds. The Morgan fingerprint density at radius 3 is 1.61 bits per heavy atom. The van der Waals surface area contributed by atoms with Gasteiger partial charge in [0, 0.05) is 35.5 Å². The van der Waals surface area contributed by atoms with Crippen LogP contribution in [0.3, 0.4) is 0 Å². The lowest BCUT2D eigenvalue weighted by molar-refractivity contribution is 1.30. The second kappa shape index (κ2) is 3.43. The van der Waals surface area contributed by atoms with Crippen LogP contribution in [0, 0.1) is 0 Å². The van der Waals surface area contributed by atoms with Crippen molar-refractivity contribution in [1.82, 2.24) is 19.9 Å². The fraction of sp³-hybridized carbons (Fsp3) is 0. The van der Waals surface area contributed by atoms with Gasteiger partial charge in [0.15, 0.2) is 0 Å². The van der Waals surface area contributed by atoms with Crippen molar-refractivity contribution in [2.24, 2.45) is 0 Å². The average Bonchev–Trinajstić information content (AvgIpc) is 2.49. The van der Waals surface area contributed by atoms with Crippen LogP contribution in [0.1, 0.15) is 2.74 Å². The van der Waals surface area contributed by atoms with Crippen molar-refractivity contribution in [3.8, 4) is 0 Å². The van der Waals surface area contributed by atoms with Crippen molar-refractivity contribution in [2.75, 3.05) is 0 Å². The largest absolute Gasteiger partial charge is 0.254 e. The number of pyridine rings is 2. The van der Waals surface area contributed by atoms with Crippen LogP contribution >= 0.6 is 0 Å². The second-order valence-electron chi connectivity index (χ2n) is 3.94. The molecule has 0 saturated heterocycles. The number of nitrogens with zero attached hydrogens (tertiary/aromatic N) is 4. The van der Waals surface area contributed by atoms with E-state index in [4.69, 9.17) is 2.74 Å². The fourth-order valence-electron chi connectivity index (χ4n) is 2.21. The lowest BCUT2D eigenvalue weighted by Gasteiger charge is -2.06. The van der Waals surface area contributed by atoms with Gasteiger partial charge in [0.1, 0.15) is 0 Å². The molecule has 0 spiro atoms. The lowest BCUT2D eigenvalue weighted by atomic mass is 10.1. The van der Waals surface area contributed by atoms with Crippen LogP contribution in [0.5, 0.6) is 0 Å². The first-order valence-corrected chi connectivity index (χ1v) is 5.52. The molecule has 0 aliphatic rings. The van der Waals surface area contributed by atoms with E-state index in [0.717, 1.165) is 21.8 Å².